The van der Waals surface area contributed by atoms with Crippen molar-refractivity contribution in [1.29, 1.82) is 0 Å². The van der Waals surface area contributed by atoms with Gasteiger partial charge in [0, 0.05) is 22.2 Å². The lowest BCUT2D eigenvalue weighted by Crippen LogP contribution is -2.11. The second kappa shape index (κ2) is 11.8. The zero-order valence-corrected chi connectivity index (χ0v) is 19.5. The van der Waals surface area contributed by atoms with Crippen molar-refractivity contribution in [2.75, 3.05) is 18.1 Å². The van der Waals surface area contributed by atoms with Gasteiger partial charge in [-0.2, -0.15) is 13.2 Å². The van der Waals surface area contributed by atoms with Crippen LogP contribution in [0.1, 0.15) is 18.9 Å². The first-order valence-electron chi connectivity index (χ1n) is 8.57. The van der Waals surface area contributed by atoms with Gasteiger partial charge in [0.1, 0.15) is 35.1 Å². The molecule has 0 fully saturated rings. The van der Waals surface area contributed by atoms with Gasteiger partial charge in [-0.3, -0.25) is 0 Å². The van der Waals surface area contributed by atoms with Gasteiger partial charge in [-0.05, 0) is 36.8 Å². The van der Waals surface area contributed by atoms with Gasteiger partial charge in [-0.25, -0.2) is 13.2 Å². The molecule has 164 valence electrons. The predicted octanol–water partition coefficient (Wildman–Crippen LogP) is 7.42. The van der Waals surface area contributed by atoms with Gasteiger partial charge in [0.15, 0.2) is 17.1 Å². The Balaban J connectivity index is 0.000000343. The summed E-state index contributed by atoms with van der Waals surface area (Å²) in [5.74, 6) is -0.0762. The van der Waals surface area contributed by atoms with E-state index in [4.69, 9.17) is 0 Å². The quantitative estimate of drug-likeness (QED) is 0.170. The lowest BCUT2D eigenvalue weighted by Gasteiger charge is -2.09. The Morgan fingerprint density at radius 2 is 1.77 bits per heavy atom. The molecule has 1 heterocycles. The van der Waals surface area contributed by atoms with Crippen LogP contribution in [0.15, 0.2) is 34.8 Å². The van der Waals surface area contributed by atoms with Gasteiger partial charge in [0.05, 0.1) is 6.61 Å². The fourth-order valence-electron chi connectivity index (χ4n) is 2.35. The molecule has 0 unspecified atom stereocenters. The van der Waals surface area contributed by atoms with Crippen LogP contribution >= 0.6 is 39.7 Å². The van der Waals surface area contributed by atoms with Gasteiger partial charge in [-0.1, -0.05) is 33.8 Å². The molecule has 0 saturated heterocycles. The highest BCUT2D eigenvalue weighted by molar-refractivity contribution is 9.10. The van der Waals surface area contributed by atoms with Crippen molar-refractivity contribution in [1.82, 2.24) is 0 Å². The van der Waals surface area contributed by atoms with Crippen molar-refractivity contribution < 1.29 is 30.5 Å². The number of thioether (sulfide) groups is 1. The first-order valence-corrected chi connectivity index (χ1v) is 12.1. The topological polar surface area (TPSA) is 9.23 Å². The lowest BCUT2D eigenvalue weighted by atomic mass is 10.0. The summed E-state index contributed by atoms with van der Waals surface area (Å²) in [5.41, 5.74) is -3.86. The van der Waals surface area contributed by atoms with Crippen LogP contribution in [-0.2, 0) is 15.5 Å². The van der Waals surface area contributed by atoms with Crippen LogP contribution in [0.25, 0.3) is 11.1 Å². The van der Waals surface area contributed by atoms with Crippen LogP contribution in [0.4, 0.5) is 26.3 Å². The first kappa shape index (κ1) is 25.5. The van der Waals surface area contributed by atoms with Crippen LogP contribution in [0.2, 0.25) is 0 Å². The molecular formula is C19H16BrF6OS3+. The zero-order valence-electron chi connectivity index (χ0n) is 15.5. The number of rotatable bonds is 4. The van der Waals surface area contributed by atoms with E-state index in [1.807, 2.05) is 0 Å². The Labute approximate surface area is 191 Å². The van der Waals surface area contributed by atoms with Gasteiger partial charge in [0.25, 0.3) is 4.20 Å². The Hall–Kier alpha value is -0.750. The maximum atomic E-state index is 14.4. The Bertz CT molecular complexity index is 881. The van der Waals surface area contributed by atoms with Crippen LogP contribution in [-0.4, -0.2) is 27.8 Å². The van der Waals surface area contributed by atoms with E-state index < -0.39 is 35.0 Å². The van der Waals surface area contributed by atoms with E-state index in [2.05, 4.69) is 20.1 Å². The molecule has 3 rings (SSSR count). The molecule has 0 aliphatic carbocycles. The van der Waals surface area contributed by atoms with Crippen molar-refractivity contribution in [3.8, 4) is 11.1 Å². The molecule has 2 aromatic carbocycles. The molecule has 0 aromatic heterocycles. The monoisotopic (exact) mass is 549 g/mol. The smallest absolute Gasteiger partial charge is 0.308 e. The molecule has 1 aliphatic heterocycles. The van der Waals surface area contributed by atoms with Gasteiger partial charge < -0.3 is 4.18 Å². The van der Waals surface area contributed by atoms with Crippen molar-refractivity contribution in [2.24, 2.45) is 0 Å². The van der Waals surface area contributed by atoms with Crippen LogP contribution in [0.5, 0.6) is 0 Å². The molecule has 0 amide bonds. The van der Waals surface area contributed by atoms with Crippen LogP contribution < -0.4 is 0 Å². The van der Waals surface area contributed by atoms with Crippen molar-refractivity contribution >= 4 is 55.3 Å². The molecule has 0 atom stereocenters. The van der Waals surface area contributed by atoms with E-state index in [9.17, 15) is 26.3 Å². The fraction of sp³-hybridized carbons (Fsp3) is 0.316. The second-order valence-electron chi connectivity index (χ2n) is 5.71. The Morgan fingerprint density at radius 3 is 2.23 bits per heavy atom. The van der Waals surface area contributed by atoms with E-state index in [-0.39, 0.29) is 23.3 Å². The van der Waals surface area contributed by atoms with Crippen molar-refractivity contribution in [3.05, 3.63) is 57.8 Å². The van der Waals surface area contributed by atoms with Gasteiger partial charge in [0.2, 0.25) is 0 Å². The average Bonchev–Trinajstić information content (AvgIpc) is 2.66. The summed E-state index contributed by atoms with van der Waals surface area (Å²) in [6.45, 7) is 1.57. The van der Waals surface area contributed by atoms with E-state index in [0.717, 1.165) is 17.9 Å². The third-order valence-electron chi connectivity index (χ3n) is 3.51. The maximum Gasteiger partial charge on any atom is 0.467 e. The minimum absolute atomic E-state index is 0.0102. The normalized spacial score (nSPS) is 14.1. The summed E-state index contributed by atoms with van der Waals surface area (Å²) in [4.78, 5) is 0. The molecule has 2 aromatic rings. The summed E-state index contributed by atoms with van der Waals surface area (Å²) < 4.78 is 81.2. The highest BCUT2D eigenvalue weighted by Gasteiger charge is 2.29. The summed E-state index contributed by atoms with van der Waals surface area (Å²) >= 11 is 5.64. The molecule has 30 heavy (non-hydrogen) atoms. The van der Waals surface area contributed by atoms with E-state index in [1.165, 1.54) is 54.3 Å². The largest absolute Gasteiger partial charge is 0.467 e. The highest BCUT2D eigenvalue weighted by atomic mass is 79.9. The molecule has 0 radical (unpaired) electrons. The average molecular weight is 550 g/mol. The van der Waals surface area contributed by atoms with Crippen LogP contribution in [0.3, 0.4) is 0 Å². The minimum Gasteiger partial charge on any atom is -0.308 e. The Morgan fingerprint density at radius 1 is 1.10 bits per heavy atom. The minimum atomic E-state index is -4.25. The molecular weight excluding hydrogens is 534 g/mol. The lowest BCUT2D eigenvalue weighted by molar-refractivity contribution is -0.0395. The number of alkyl halides is 3. The number of hydrogen-bond donors (Lipinski definition) is 0. The van der Waals surface area contributed by atoms with E-state index in [1.54, 1.807) is 6.07 Å². The third-order valence-corrected chi connectivity index (χ3v) is 7.18. The summed E-state index contributed by atoms with van der Waals surface area (Å²) in [6.07, 6.45) is 1.03. The SMILES string of the molecule is CCOSC(F)(F)F.Fc1cc(Br)ccc1-c1cc(F)c(C2=[S+]CCCS2)c(F)c1. The molecule has 1 aliphatic rings. The summed E-state index contributed by atoms with van der Waals surface area (Å²) in [7, 11) is 0. The molecule has 1 nitrogen and oxygen atoms in total. The number of hydrogen-bond acceptors (Lipinski definition) is 3. The predicted molar refractivity (Wildman–Crippen MR) is 118 cm³/mol. The molecule has 0 spiro atoms. The Kier molecular flexibility index (Phi) is 9.99. The third kappa shape index (κ3) is 7.74. The number of halogens is 7. The highest BCUT2D eigenvalue weighted by Crippen LogP contribution is 2.31. The van der Waals surface area contributed by atoms with Crippen LogP contribution in [0, 0.1) is 17.5 Å². The zero-order chi connectivity index (χ0) is 22.3. The first-order chi connectivity index (χ1) is 14.1. The fourth-order valence-corrected chi connectivity index (χ4v) is 5.58. The van der Waals surface area contributed by atoms with Gasteiger partial charge >= 0.3 is 5.51 Å². The summed E-state index contributed by atoms with van der Waals surface area (Å²) in [5, 5.41) is 0. The molecule has 0 bridgehead atoms. The summed E-state index contributed by atoms with van der Waals surface area (Å²) in [6, 6.07) is 6.83. The molecule has 0 N–H and O–H groups in total. The van der Waals surface area contributed by atoms with Gasteiger partial charge in [-0.15, -0.1) is 0 Å². The molecule has 0 saturated carbocycles. The van der Waals surface area contributed by atoms with E-state index >= 15 is 0 Å². The standard InChI is InChI=1S/C16H11BrF3S2.C3H5F3OS/c17-10-2-3-11(12(18)8-10)9-6-13(19)15(14(20)7-9)16-21-4-1-5-22-16;1-2-7-8-3(4,5)6/h2-3,6-8H,1,4-5H2;2H2,1H3/q+1;. The van der Waals surface area contributed by atoms with Crippen molar-refractivity contribution in [2.45, 2.75) is 18.9 Å². The number of benzene rings is 2. The molecule has 11 heteroatoms. The maximum absolute atomic E-state index is 14.4. The van der Waals surface area contributed by atoms with E-state index in [0.29, 0.717) is 8.67 Å². The second-order valence-corrected chi connectivity index (χ2v) is 9.96. The van der Waals surface area contributed by atoms with Crippen molar-refractivity contribution in [3.63, 3.8) is 0 Å².